The second-order valence-corrected chi connectivity index (χ2v) is 5.15. The van der Waals surface area contributed by atoms with Crippen LogP contribution in [0.3, 0.4) is 0 Å². The Morgan fingerprint density at radius 2 is 1.90 bits per heavy atom. The number of hydrogen-bond acceptors (Lipinski definition) is 4. The first-order valence-electron chi connectivity index (χ1n) is 7.65. The number of carbonyl (C=O) groups is 2. The third kappa shape index (κ3) is 6.77. The molecular weight excluding hydrogens is 274 g/mol. The number of amides is 2. The minimum Gasteiger partial charge on any atom is -0.480 e. The Morgan fingerprint density at radius 3 is 2.43 bits per heavy atom. The smallest absolute Gasteiger partial charge is 0.329 e. The number of piperidine rings is 1. The van der Waals surface area contributed by atoms with Gasteiger partial charge in [-0.15, -0.1) is 0 Å². The molecule has 0 saturated carbocycles. The van der Waals surface area contributed by atoms with E-state index in [0.29, 0.717) is 32.5 Å². The van der Waals surface area contributed by atoms with Gasteiger partial charge < -0.3 is 25.0 Å². The average Bonchev–Trinajstić information content (AvgIpc) is 2.50. The summed E-state index contributed by atoms with van der Waals surface area (Å²) < 4.78 is 5.25. The predicted octanol–water partition coefficient (Wildman–Crippen LogP) is 0.603. The van der Waals surface area contributed by atoms with E-state index in [0.717, 1.165) is 19.6 Å². The molecule has 122 valence electrons. The summed E-state index contributed by atoms with van der Waals surface area (Å²) in [6, 6.07) is -0.0427. The van der Waals surface area contributed by atoms with Crippen molar-refractivity contribution < 1.29 is 19.4 Å². The fourth-order valence-corrected chi connectivity index (χ4v) is 2.39. The number of urea groups is 1. The maximum absolute atomic E-state index is 12.0. The fourth-order valence-electron chi connectivity index (χ4n) is 2.39. The molecule has 1 saturated heterocycles. The zero-order valence-corrected chi connectivity index (χ0v) is 13.0. The fraction of sp³-hybridized carbons (Fsp3) is 0.857. The molecule has 7 heteroatoms. The quantitative estimate of drug-likeness (QED) is 0.686. The first-order chi connectivity index (χ1) is 10.1. The number of carboxylic acids is 1. The highest BCUT2D eigenvalue weighted by Crippen LogP contribution is 2.13. The van der Waals surface area contributed by atoms with Crippen LogP contribution < -0.4 is 5.32 Å². The van der Waals surface area contributed by atoms with E-state index in [1.54, 1.807) is 4.90 Å². The molecule has 0 unspecified atom stereocenters. The Kier molecular flexibility index (Phi) is 8.07. The summed E-state index contributed by atoms with van der Waals surface area (Å²) in [5, 5.41) is 11.5. The highest BCUT2D eigenvalue weighted by atomic mass is 16.5. The number of rotatable bonds is 8. The van der Waals surface area contributed by atoms with Crippen molar-refractivity contribution in [1.82, 2.24) is 15.1 Å². The van der Waals surface area contributed by atoms with Crippen molar-refractivity contribution in [2.24, 2.45) is 0 Å². The molecule has 0 aromatic rings. The number of nitrogens with zero attached hydrogens (tertiary/aromatic N) is 2. The van der Waals surface area contributed by atoms with Crippen LogP contribution in [0.4, 0.5) is 4.79 Å². The lowest BCUT2D eigenvalue weighted by Gasteiger charge is -2.32. The van der Waals surface area contributed by atoms with Gasteiger partial charge in [-0.1, -0.05) is 13.8 Å². The molecule has 0 aromatic carbocycles. The molecule has 0 radical (unpaired) electrons. The molecule has 2 N–H and O–H groups in total. The number of likely N-dealkylation sites (N-methyl/N-ethyl adjacent to an activating group) is 1. The minimum atomic E-state index is -0.952. The summed E-state index contributed by atoms with van der Waals surface area (Å²) in [6.07, 6.45) is 1.33. The highest BCUT2D eigenvalue weighted by molar-refractivity contribution is 5.74. The van der Waals surface area contributed by atoms with Gasteiger partial charge in [0.2, 0.25) is 0 Å². The van der Waals surface area contributed by atoms with Crippen LogP contribution in [0.1, 0.15) is 26.7 Å². The van der Waals surface area contributed by atoms with Crippen molar-refractivity contribution in [1.29, 1.82) is 0 Å². The zero-order chi connectivity index (χ0) is 15.7. The zero-order valence-electron chi connectivity index (χ0n) is 13.0. The molecule has 1 aliphatic heterocycles. The van der Waals surface area contributed by atoms with E-state index in [4.69, 9.17) is 9.84 Å². The van der Waals surface area contributed by atoms with Gasteiger partial charge in [0.1, 0.15) is 6.61 Å². The van der Waals surface area contributed by atoms with Gasteiger partial charge in [-0.3, -0.25) is 0 Å². The van der Waals surface area contributed by atoms with Crippen LogP contribution in [-0.4, -0.2) is 78.9 Å². The molecule has 7 nitrogen and oxygen atoms in total. The van der Waals surface area contributed by atoms with Gasteiger partial charge in [-0.25, -0.2) is 9.59 Å². The normalized spacial score (nSPS) is 16.2. The molecule has 1 rings (SSSR count). The van der Waals surface area contributed by atoms with Gasteiger partial charge in [-0.05, 0) is 25.9 Å². The van der Waals surface area contributed by atoms with E-state index in [1.807, 2.05) is 0 Å². The molecule has 1 fully saturated rings. The van der Waals surface area contributed by atoms with Crippen molar-refractivity contribution >= 4 is 12.0 Å². The number of carboxylic acid groups (broad SMARTS) is 1. The lowest BCUT2D eigenvalue weighted by atomic mass is 10.1. The van der Waals surface area contributed by atoms with Crippen molar-refractivity contribution in [3.63, 3.8) is 0 Å². The molecule has 0 atom stereocenters. The topological polar surface area (TPSA) is 82.1 Å². The summed E-state index contributed by atoms with van der Waals surface area (Å²) in [5.74, 6) is -0.952. The second kappa shape index (κ2) is 9.57. The monoisotopic (exact) mass is 301 g/mol. The largest absolute Gasteiger partial charge is 0.480 e. The lowest BCUT2D eigenvalue weighted by molar-refractivity contribution is -0.145. The molecule has 0 spiro atoms. The minimum absolute atomic E-state index is 0.0427. The average molecular weight is 301 g/mol. The second-order valence-electron chi connectivity index (χ2n) is 5.15. The number of ether oxygens (including phenoxy) is 1. The van der Waals surface area contributed by atoms with Crippen molar-refractivity contribution in [3.8, 4) is 0 Å². The van der Waals surface area contributed by atoms with Crippen LogP contribution in [0.2, 0.25) is 0 Å². The first-order valence-corrected chi connectivity index (χ1v) is 7.65. The Morgan fingerprint density at radius 1 is 1.29 bits per heavy atom. The molecular formula is C14H27N3O4. The summed E-state index contributed by atoms with van der Waals surface area (Å²) in [4.78, 5) is 26.4. The van der Waals surface area contributed by atoms with Crippen LogP contribution in [0, 0.1) is 0 Å². The number of likely N-dealkylation sites (tertiary alicyclic amines) is 1. The van der Waals surface area contributed by atoms with Crippen LogP contribution >= 0.6 is 0 Å². The van der Waals surface area contributed by atoms with Crippen molar-refractivity contribution in [2.75, 3.05) is 45.9 Å². The van der Waals surface area contributed by atoms with Crippen LogP contribution in [0.5, 0.6) is 0 Å². The van der Waals surface area contributed by atoms with Gasteiger partial charge in [0.05, 0.1) is 6.10 Å². The van der Waals surface area contributed by atoms with Crippen molar-refractivity contribution in [3.05, 3.63) is 0 Å². The molecule has 2 amide bonds. The molecule has 0 aliphatic carbocycles. The van der Waals surface area contributed by atoms with Gasteiger partial charge in [0.15, 0.2) is 0 Å². The summed E-state index contributed by atoms with van der Waals surface area (Å²) in [6.45, 7) is 8.65. The maximum atomic E-state index is 12.0. The molecule has 1 aliphatic rings. The summed E-state index contributed by atoms with van der Waals surface area (Å²) in [5.41, 5.74) is 0. The lowest BCUT2D eigenvalue weighted by Crippen LogP contribution is -2.47. The highest BCUT2D eigenvalue weighted by Gasteiger charge is 2.23. The van der Waals surface area contributed by atoms with Gasteiger partial charge in [-0.2, -0.15) is 0 Å². The third-order valence-corrected chi connectivity index (χ3v) is 3.77. The van der Waals surface area contributed by atoms with Gasteiger partial charge in [0, 0.05) is 26.2 Å². The maximum Gasteiger partial charge on any atom is 0.329 e. The number of hydrogen-bond donors (Lipinski definition) is 2. The Labute approximate surface area is 126 Å². The molecule has 21 heavy (non-hydrogen) atoms. The first kappa shape index (κ1) is 17.7. The number of nitrogens with one attached hydrogen (secondary N) is 1. The van der Waals surface area contributed by atoms with Gasteiger partial charge in [0.25, 0.3) is 0 Å². The van der Waals surface area contributed by atoms with E-state index >= 15 is 0 Å². The third-order valence-electron chi connectivity index (χ3n) is 3.77. The van der Waals surface area contributed by atoms with Crippen LogP contribution in [0.25, 0.3) is 0 Å². The number of carbonyl (C=O) groups excluding carboxylic acids is 1. The molecule has 1 heterocycles. The van der Waals surface area contributed by atoms with E-state index in [1.165, 1.54) is 0 Å². The van der Waals surface area contributed by atoms with Crippen molar-refractivity contribution in [2.45, 2.75) is 32.8 Å². The Balaban J connectivity index is 2.18. The SMILES string of the molecule is CCN(CC)CCNC(=O)N1CCC(OCC(=O)O)CC1. The van der Waals surface area contributed by atoms with E-state index in [9.17, 15) is 9.59 Å². The number of aliphatic carboxylic acids is 1. The summed E-state index contributed by atoms with van der Waals surface area (Å²) in [7, 11) is 0. The molecule has 0 bridgehead atoms. The Hall–Kier alpha value is -1.34. The van der Waals surface area contributed by atoms with E-state index < -0.39 is 5.97 Å². The molecule has 0 aromatic heterocycles. The van der Waals surface area contributed by atoms with Gasteiger partial charge >= 0.3 is 12.0 Å². The van der Waals surface area contributed by atoms with Crippen LogP contribution in [-0.2, 0) is 9.53 Å². The Bertz CT molecular complexity index is 326. The van der Waals surface area contributed by atoms with E-state index in [2.05, 4.69) is 24.1 Å². The van der Waals surface area contributed by atoms with E-state index in [-0.39, 0.29) is 18.7 Å². The standard InChI is InChI=1S/C14H27N3O4/c1-3-16(4-2)10-7-15-14(20)17-8-5-12(6-9-17)21-11-13(18)19/h12H,3-11H2,1-2H3,(H,15,20)(H,18,19). The van der Waals surface area contributed by atoms with Crippen LogP contribution in [0.15, 0.2) is 0 Å². The predicted molar refractivity (Wildman–Crippen MR) is 79.4 cm³/mol. The summed E-state index contributed by atoms with van der Waals surface area (Å²) >= 11 is 0.